The van der Waals surface area contributed by atoms with Crippen molar-refractivity contribution in [2.75, 3.05) is 0 Å². The van der Waals surface area contributed by atoms with Crippen LogP contribution in [-0.2, 0) is 0 Å². The molecule has 88 valence electrons. The van der Waals surface area contributed by atoms with Gasteiger partial charge in [0.1, 0.15) is 5.75 Å². The highest BCUT2D eigenvalue weighted by atomic mass is 16.6. The van der Waals surface area contributed by atoms with Gasteiger partial charge in [0.25, 0.3) is 0 Å². The molecule has 0 atom stereocenters. The van der Waals surface area contributed by atoms with E-state index in [9.17, 15) is 0 Å². The molecular formula is C12H19BO3. The van der Waals surface area contributed by atoms with Gasteiger partial charge < -0.3 is 14.7 Å². The van der Waals surface area contributed by atoms with Crippen LogP contribution in [0.4, 0.5) is 0 Å². The second-order valence-corrected chi connectivity index (χ2v) is 4.59. The first-order valence-corrected chi connectivity index (χ1v) is 5.58. The van der Waals surface area contributed by atoms with E-state index in [-0.39, 0.29) is 0 Å². The molecule has 3 nitrogen and oxygen atoms in total. The van der Waals surface area contributed by atoms with E-state index in [0.717, 1.165) is 11.1 Å². The Hall–Kier alpha value is -0.995. The molecule has 0 aromatic heterocycles. The van der Waals surface area contributed by atoms with Crippen LogP contribution < -0.4 is 4.65 Å². The van der Waals surface area contributed by atoms with Crippen molar-refractivity contribution in [3.05, 3.63) is 29.3 Å². The molecule has 0 spiro atoms. The first-order valence-electron chi connectivity index (χ1n) is 5.58. The van der Waals surface area contributed by atoms with Gasteiger partial charge in [-0.1, -0.05) is 33.8 Å². The zero-order valence-electron chi connectivity index (χ0n) is 10.3. The molecule has 0 unspecified atom stereocenters. The number of hydrogen-bond donors (Lipinski definition) is 2. The molecule has 0 saturated carbocycles. The molecule has 0 fully saturated rings. The Balaban J connectivity index is 3.08. The van der Waals surface area contributed by atoms with Gasteiger partial charge in [-0.3, -0.25) is 0 Å². The van der Waals surface area contributed by atoms with Crippen LogP contribution in [0, 0.1) is 0 Å². The SMILES string of the molecule is CC(C)c1cc(OB(O)O)cc(C(C)C)c1. The van der Waals surface area contributed by atoms with Crippen molar-refractivity contribution in [3.8, 4) is 5.75 Å². The number of rotatable bonds is 4. The third-order valence-corrected chi connectivity index (χ3v) is 2.53. The molecule has 1 rings (SSSR count). The summed E-state index contributed by atoms with van der Waals surface area (Å²) in [5, 5.41) is 17.6. The molecule has 4 heteroatoms. The molecule has 0 heterocycles. The van der Waals surface area contributed by atoms with Crippen LogP contribution in [0.5, 0.6) is 5.75 Å². The monoisotopic (exact) mass is 222 g/mol. The summed E-state index contributed by atoms with van der Waals surface area (Å²) in [6.07, 6.45) is 0. The Labute approximate surface area is 97.3 Å². The first-order chi connectivity index (χ1) is 7.40. The van der Waals surface area contributed by atoms with Crippen LogP contribution in [0.15, 0.2) is 18.2 Å². The molecular weight excluding hydrogens is 203 g/mol. The van der Waals surface area contributed by atoms with E-state index < -0.39 is 7.32 Å². The third kappa shape index (κ3) is 3.54. The van der Waals surface area contributed by atoms with E-state index in [2.05, 4.69) is 33.8 Å². The largest absolute Gasteiger partial charge is 0.707 e. The van der Waals surface area contributed by atoms with Gasteiger partial charge in [0.15, 0.2) is 0 Å². The summed E-state index contributed by atoms with van der Waals surface area (Å²) in [6, 6.07) is 5.82. The topological polar surface area (TPSA) is 49.7 Å². The second-order valence-electron chi connectivity index (χ2n) is 4.59. The fourth-order valence-electron chi connectivity index (χ4n) is 1.50. The van der Waals surface area contributed by atoms with Crippen molar-refractivity contribution in [1.29, 1.82) is 0 Å². The van der Waals surface area contributed by atoms with Gasteiger partial charge in [0.2, 0.25) is 0 Å². The lowest BCUT2D eigenvalue weighted by Gasteiger charge is -2.14. The van der Waals surface area contributed by atoms with Crippen molar-refractivity contribution >= 4 is 7.32 Å². The average molecular weight is 222 g/mol. The Morgan fingerprint density at radius 1 is 0.938 bits per heavy atom. The maximum Gasteiger partial charge on any atom is 0.707 e. The molecule has 0 saturated heterocycles. The molecule has 0 radical (unpaired) electrons. The molecule has 1 aromatic carbocycles. The highest BCUT2D eigenvalue weighted by Gasteiger charge is 2.14. The molecule has 0 aliphatic rings. The number of hydrogen-bond acceptors (Lipinski definition) is 3. The predicted molar refractivity (Wildman–Crippen MR) is 65.4 cm³/mol. The Kier molecular flexibility index (Phi) is 4.39. The summed E-state index contributed by atoms with van der Waals surface area (Å²) < 4.78 is 4.91. The quantitative estimate of drug-likeness (QED) is 0.768. The lowest BCUT2D eigenvalue weighted by molar-refractivity contribution is 0.288. The van der Waals surface area contributed by atoms with Crippen molar-refractivity contribution in [1.82, 2.24) is 0 Å². The van der Waals surface area contributed by atoms with Crippen molar-refractivity contribution < 1.29 is 14.7 Å². The van der Waals surface area contributed by atoms with Gasteiger partial charge in [-0.25, -0.2) is 0 Å². The van der Waals surface area contributed by atoms with E-state index >= 15 is 0 Å². The minimum atomic E-state index is -1.76. The molecule has 2 N–H and O–H groups in total. The minimum Gasteiger partial charge on any atom is -0.512 e. The van der Waals surface area contributed by atoms with Gasteiger partial charge in [0, 0.05) is 0 Å². The summed E-state index contributed by atoms with van der Waals surface area (Å²) in [6.45, 7) is 8.38. The Morgan fingerprint density at radius 3 is 1.69 bits per heavy atom. The Bertz CT molecular complexity index is 322. The Morgan fingerprint density at radius 2 is 1.38 bits per heavy atom. The highest BCUT2D eigenvalue weighted by Crippen LogP contribution is 2.27. The summed E-state index contributed by atoms with van der Waals surface area (Å²) >= 11 is 0. The van der Waals surface area contributed by atoms with Crippen LogP contribution in [0.3, 0.4) is 0 Å². The fourth-order valence-corrected chi connectivity index (χ4v) is 1.50. The number of benzene rings is 1. The summed E-state index contributed by atoms with van der Waals surface area (Å²) in [7, 11) is -1.76. The van der Waals surface area contributed by atoms with Crippen molar-refractivity contribution in [3.63, 3.8) is 0 Å². The van der Waals surface area contributed by atoms with E-state index in [1.807, 2.05) is 12.1 Å². The predicted octanol–water partition coefficient (Wildman–Crippen LogP) is 2.28. The zero-order valence-corrected chi connectivity index (χ0v) is 10.3. The van der Waals surface area contributed by atoms with E-state index in [0.29, 0.717) is 17.6 Å². The zero-order chi connectivity index (χ0) is 12.3. The van der Waals surface area contributed by atoms with Crippen molar-refractivity contribution in [2.24, 2.45) is 0 Å². The van der Waals surface area contributed by atoms with Crippen molar-refractivity contribution in [2.45, 2.75) is 39.5 Å². The maximum atomic E-state index is 8.80. The molecule has 1 aromatic rings. The minimum absolute atomic E-state index is 0.386. The van der Waals surface area contributed by atoms with Crippen LogP contribution in [0.1, 0.15) is 50.7 Å². The average Bonchev–Trinajstić information content (AvgIpc) is 2.15. The molecule has 0 amide bonds. The fraction of sp³-hybridized carbons (Fsp3) is 0.500. The second kappa shape index (κ2) is 5.37. The van der Waals surface area contributed by atoms with E-state index in [4.69, 9.17) is 14.7 Å². The van der Waals surface area contributed by atoms with Gasteiger partial charge in [-0.15, -0.1) is 0 Å². The van der Waals surface area contributed by atoms with Gasteiger partial charge >= 0.3 is 7.32 Å². The smallest absolute Gasteiger partial charge is 0.512 e. The van der Waals surface area contributed by atoms with E-state index in [1.165, 1.54) is 0 Å². The normalized spacial score (nSPS) is 11.0. The standard InChI is InChI=1S/C12H19BO3/c1-8(2)10-5-11(9(3)4)7-12(6-10)16-13(14)15/h5-9,14-15H,1-4H3. The van der Waals surface area contributed by atoms with Crippen LogP contribution in [0.25, 0.3) is 0 Å². The third-order valence-electron chi connectivity index (χ3n) is 2.53. The van der Waals surface area contributed by atoms with E-state index in [1.54, 1.807) is 0 Å². The molecule has 16 heavy (non-hydrogen) atoms. The molecule has 0 aliphatic carbocycles. The summed E-state index contributed by atoms with van der Waals surface area (Å²) in [5.41, 5.74) is 2.28. The lowest BCUT2D eigenvalue weighted by Crippen LogP contribution is -2.20. The maximum absolute atomic E-state index is 8.80. The van der Waals surface area contributed by atoms with Crippen LogP contribution in [-0.4, -0.2) is 17.4 Å². The summed E-state index contributed by atoms with van der Waals surface area (Å²) in [5.74, 6) is 1.28. The lowest BCUT2D eigenvalue weighted by atomic mass is 9.95. The van der Waals surface area contributed by atoms with Gasteiger partial charge in [0.05, 0.1) is 0 Å². The summed E-state index contributed by atoms with van der Waals surface area (Å²) in [4.78, 5) is 0. The van der Waals surface area contributed by atoms with Crippen LogP contribution >= 0.6 is 0 Å². The molecule has 0 bridgehead atoms. The first kappa shape index (κ1) is 13.1. The van der Waals surface area contributed by atoms with Gasteiger partial charge in [-0.2, -0.15) is 0 Å². The highest BCUT2D eigenvalue weighted by molar-refractivity contribution is 6.33. The van der Waals surface area contributed by atoms with Gasteiger partial charge in [-0.05, 0) is 35.1 Å². The van der Waals surface area contributed by atoms with Crippen LogP contribution in [0.2, 0.25) is 0 Å². The molecule has 0 aliphatic heterocycles.